The number of hydrogen-bond donors (Lipinski definition) is 1. The highest BCUT2D eigenvalue weighted by Crippen LogP contribution is 2.42. The molecule has 6 nitrogen and oxygen atoms in total. The fraction of sp³-hybridized carbons (Fsp3) is 0.357. The quantitative estimate of drug-likeness (QED) is 0.256. The Balaban J connectivity index is 1.28. The van der Waals surface area contributed by atoms with Gasteiger partial charge in [-0.25, -0.2) is 0 Å². The summed E-state index contributed by atoms with van der Waals surface area (Å²) in [6, 6.07) is 14.5. The molecule has 0 saturated heterocycles. The molecule has 0 bridgehead atoms. The molecule has 37 heavy (non-hydrogen) atoms. The third-order valence-corrected chi connectivity index (χ3v) is 6.06. The van der Waals surface area contributed by atoms with Gasteiger partial charge in [0.15, 0.2) is 5.69 Å². The van der Waals surface area contributed by atoms with Gasteiger partial charge in [0.1, 0.15) is 18.1 Å². The van der Waals surface area contributed by atoms with E-state index >= 15 is 0 Å². The van der Waals surface area contributed by atoms with Gasteiger partial charge in [0, 0.05) is 36.3 Å². The normalized spacial score (nSPS) is 13.6. The Labute approximate surface area is 214 Å². The van der Waals surface area contributed by atoms with Crippen LogP contribution in [0.5, 0.6) is 11.5 Å². The van der Waals surface area contributed by atoms with Crippen molar-refractivity contribution >= 4 is 12.0 Å². The maximum Gasteiger partial charge on any atom is 0.435 e. The summed E-state index contributed by atoms with van der Waals surface area (Å²) in [6.07, 6.45) is 0.909. The van der Waals surface area contributed by atoms with Crippen molar-refractivity contribution in [1.29, 1.82) is 0 Å². The van der Waals surface area contributed by atoms with Gasteiger partial charge in [-0.1, -0.05) is 18.2 Å². The number of hydrogen-bond acceptors (Lipinski definition) is 4. The van der Waals surface area contributed by atoms with E-state index in [1.54, 1.807) is 13.2 Å². The van der Waals surface area contributed by atoms with Crippen LogP contribution < -0.4 is 14.8 Å². The van der Waals surface area contributed by atoms with Gasteiger partial charge in [-0.05, 0) is 73.7 Å². The smallest absolute Gasteiger partial charge is 0.435 e. The molecule has 3 aromatic rings. The van der Waals surface area contributed by atoms with Crippen LogP contribution in [-0.4, -0.2) is 29.3 Å². The number of amides is 1. The third kappa shape index (κ3) is 7.38. The molecule has 1 saturated carbocycles. The summed E-state index contributed by atoms with van der Waals surface area (Å²) in [5.74, 6) is 1.31. The second-order valence-electron chi connectivity index (χ2n) is 9.10. The Morgan fingerprint density at radius 2 is 2.00 bits per heavy atom. The van der Waals surface area contributed by atoms with Gasteiger partial charge in [-0.2, -0.15) is 18.3 Å². The van der Waals surface area contributed by atoms with Crippen molar-refractivity contribution in [3.05, 3.63) is 82.7 Å². The number of rotatable bonds is 11. The minimum atomic E-state index is -4.46. The van der Waals surface area contributed by atoms with Gasteiger partial charge in [-0.15, -0.1) is 0 Å². The Bertz CT molecular complexity index is 1260. The standard InChI is InChI=1S/C28H30F3N3O3/c1-19-5-3-6-23(15-19)37-18-22-16-20(7-11-25(22)36-2)8-12-27(35)32-13-4-14-34-24(21-9-10-21)17-26(33-34)28(29,30)31/h3,5-8,11-12,15-17,21H,4,9-10,13-14,18H2,1-2H3,(H,32,35)/b12-8+. The van der Waals surface area contributed by atoms with Gasteiger partial charge < -0.3 is 14.8 Å². The number of methoxy groups -OCH3 is 1. The van der Waals surface area contributed by atoms with Gasteiger partial charge in [-0.3, -0.25) is 9.48 Å². The predicted octanol–water partition coefficient (Wildman–Crippen LogP) is 5.90. The van der Waals surface area contributed by atoms with E-state index < -0.39 is 11.9 Å². The summed E-state index contributed by atoms with van der Waals surface area (Å²) in [7, 11) is 1.59. The molecule has 0 atom stereocenters. The molecule has 2 aromatic carbocycles. The van der Waals surface area contributed by atoms with Crippen LogP contribution in [0.1, 0.15) is 53.3 Å². The molecule has 1 aliphatic rings. The minimum absolute atomic E-state index is 0.151. The number of aryl methyl sites for hydroxylation is 2. The van der Waals surface area contributed by atoms with Gasteiger partial charge in [0.05, 0.1) is 7.11 Å². The lowest BCUT2D eigenvalue weighted by Crippen LogP contribution is -2.23. The van der Waals surface area contributed by atoms with Crippen LogP contribution in [0.4, 0.5) is 13.2 Å². The van der Waals surface area contributed by atoms with Crippen molar-refractivity contribution in [2.45, 2.75) is 51.4 Å². The summed E-state index contributed by atoms with van der Waals surface area (Å²) < 4.78 is 51.9. The van der Waals surface area contributed by atoms with Crippen molar-refractivity contribution in [2.24, 2.45) is 0 Å². The first-order valence-electron chi connectivity index (χ1n) is 12.2. The summed E-state index contributed by atoms with van der Waals surface area (Å²) >= 11 is 0. The fourth-order valence-electron chi connectivity index (χ4n) is 4.01. The number of carbonyl (C=O) groups excluding carboxylic acids is 1. The molecule has 0 unspecified atom stereocenters. The summed E-state index contributed by atoms with van der Waals surface area (Å²) in [5.41, 5.74) is 2.52. The Morgan fingerprint density at radius 3 is 2.70 bits per heavy atom. The van der Waals surface area contributed by atoms with Gasteiger partial charge in [0.25, 0.3) is 0 Å². The van der Waals surface area contributed by atoms with E-state index in [1.165, 1.54) is 10.8 Å². The number of nitrogens with zero attached hydrogens (tertiary/aromatic N) is 2. The van der Waals surface area contributed by atoms with E-state index in [1.807, 2.05) is 49.4 Å². The molecule has 1 N–H and O–H groups in total. The maximum absolute atomic E-state index is 13.0. The lowest BCUT2D eigenvalue weighted by atomic mass is 10.1. The van der Waals surface area contributed by atoms with E-state index in [4.69, 9.17) is 9.47 Å². The molecule has 196 valence electrons. The molecule has 4 rings (SSSR count). The molecular formula is C28H30F3N3O3. The first kappa shape index (κ1) is 26.3. The Kier molecular flexibility index (Phi) is 8.21. The highest BCUT2D eigenvalue weighted by Gasteiger charge is 2.37. The van der Waals surface area contributed by atoms with Crippen LogP contribution in [0.2, 0.25) is 0 Å². The zero-order chi connectivity index (χ0) is 26.4. The number of ether oxygens (including phenoxy) is 2. The lowest BCUT2D eigenvalue weighted by Gasteiger charge is -2.11. The maximum atomic E-state index is 13.0. The summed E-state index contributed by atoms with van der Waals surface area (Å²) in [6.45, 7) is 2.95. The second-order valence-corrected chi connectivity index (χ2v) is 9.10. The van der Waals surface area contributed by atoms with Crippen LogP contribution in [0, 0.1) is 6.92 Å². The summed E-state index contributed by atoms with van der Waals surface area (Å²) in [5, 5.41) is 6.52. The van der Waals surface area contributed by atoms with Gasteiger partial charge in [0.2, 0.25) is 5.91 Å². The van der Waals surface area contributed by atoms with E-state index in [0.717, 1.165) is 41.3 Å². The van der Waals surface area contributed by atoms with Crippen LogP contribution in [0.25, 0.3) is 6.08 Å². The number of benzene rings is 2. The molecule has 0 spiro atoms. The summed E-state index contributed by atoms with van der Waals surface area (Å²) in [4.78, 5) is 12.3. The molecule has 0 radical (unpaired) electrons. The average Bonchev–Trinajstić information content (AvgIpc) is 3.62. The molecule has 9 heteroatoms. The van der Waals surface area contributed by atoms with Gasteiger partial charge >= 0.3 is 6.18 Å². The number of halogens is 3. The van der Waals surface area contributed by atoms with Crippen LogP contribution in [0.15, 0.2) is 54.6 Å². The van der Waals surface area contributed by atoms with E-state index in [0.29, 0.717) is 37.6 Å². The first-order chi connectivity index (χ1) is 17.7. The molecule has 1 amide bonds. The van der Waals surface area contributed by atoms with Crippen LogP contribution >= 0.6 is 0 Å². The molecule has 1 fully saturated rings. The largest absolute Gasteiger partial charge is 0.496 e. The van der Waals surface area contributed by atoms with Crippen molar-refractivity contribution in [3.8, 4) is 11.5 Å². The van der Waals surface area contributed by atoms with Crippen molar-refractivity contribution in [3.63, 3.8) is 0 Å². The topological polar surface area (TPSA) is 65.4 Å². The van der Waals surface area contributed by atoms with Crippen LogP contribution in [0.3, 0.4) is 0 Å². The fourth-order valence-corrected chi connectivity index (χ4v) is 4.01. The zero-order valence-corrected chi connectivity index (χ0v) is 20.8. The number of nitrogens with one attached hydrogen (secondary N) is 1. The average molecular weight is 514 g/mol. The minimum Gasteiger partial charge on any atom is -0.496 e. The Hall–Kier alpha value is -3.75. The molecule has 1 aromatic heterocycles. The lowest BCUT2D eigenvalue weighted by molar-refractivity contribution is -0.141. The highest BCUT2D eigenvalue weighted by molar-refractivity contribution is 5.91. The van der Waals surface area contributed by atoms with E-state index in [-0.39, 0.29) is 11.8 Å². The first-order valence-corrected chi connectivity index (χ1v) is 12.2. The number of carbonyl (C=O) groups is 1. The molecule has 1 aliphatic carbocycles. The molecule has 1 heterocycles. The zero-order valence-electron chi connectivity index (χ0n) is 20.8. The SMILES string of the molecule is COc1ccc(/C=C/C(=O)NCCCn2nc(C(F)(F)F)cc2C2CC2)cc1COc1cccc(C)c1. The Morgan fingerprint density at radius 1 is 1.19 bits per heavy atom. The van der Waals surface area contributed by atoms with Crippen LogP contribution in [-0.2, 0) is 24.1 Å². The van der Waals surface area contributed by atoms with Crippen molar-refractivity contribution in [2.75, 3.05) is 13.7 Å². The van der Waals surface area contributed by atoms with E-state index in [9.17, 15) is 18.0 Å². The van der Waals surface area contributed by atoms with E-state index in [2.05, 4.69) is 10.4 Å². The third-order valence-electron chi connectivity index (χ3n) is 6.06. The monoisotopic (exact) mass is 513 g/mol. The number of aromatic nitrogens is 2. The molecular weight excluding hydrogens is 483 g/mol. The second kappa shape index (κ2) is 11.5. The predicted molar refractivity (Wildman–Crippen MR) is 134 cm³/mol. The van der Waals surface area contributed by atoms with Crippen molar-refractivity contribution < 1.29 is 27.4 Å². The highest BCUT2D eigenvalue weighted by atomic mass is 19.4. The number of alkyl halides is 3. The van der Waals surface area contributed by atoms with Crippen molar-refractivity contribution in [1.82, 2.24) is 15.1 Å². The molecule has 0 aliphatic heterocycles.